The summed E-state index contributed by atoms with van der Waals surface area (Å²) in [5.74, 6) is -0.718. The molecule has 0 radical (unpaired) electrons. The van der Waals surface area contributed by atoms with Gasteiger partial charge in [0.2, 0.25) is 0 Å². The summed E-state index contributed by atoms with van der Waals surface area (Å²) in [5, 5.41) is 14.6. The highest BCUT2D eigenvalue weighted by molar-refractivity contribution is 5.96. The molecule has 28 heavy (non-hydrogen) atoms. The van der Waals surface area contributed by atoms with E-state index in [9.17, 15) is 19.3 Å². The van der Waals surface area contributed by atoms with Crippen LogP contribution in [0.1, 0.15) is 27.3 Å². The molecular formula is C20H17FN4O3. The maximum absolute atomic E-state index is 13.2. The molecule has 0 spiro atoms. The van der Waals surface area contributed by atoms with E-state index in [2.05, 4.69) is 10.5 Å². The summed E-state index contributed by atoms with van der Waals surface area (Å²) in [6, 6.07) is 13.5. The zero-order chi connectivity index (χ0) is 20.3. The number of aryl methyl sites for hydroxylation is 1. The second-order valence-electron chi connectivity index (χ2n) is 6.14. The van der Waals surface area contributed by atoms with Crippen LogP contribution in [0.5, 0.6) is 0 Å². The highest BCUT2D eigenvalue weighted by Crippen LogP contribution is 2.21. The Bertz CT molecular complexity index is 1050. The van der Waals surface area contributed by atoms with Gasteiger partial charge in [0, 0.05) is 29.2 Å². The van der Waals surface area contributed by atoms with Gasteiger partial charge < -0.3 is 4.57 Å². The number of carbonyl (C=O) groups excluding carboxylic acids is 1. The normalized spacial score (nSPS) is 11.0. The van der Waals surface area contributed by atoms with Crippen molar-refractivity contribution in [1.82, 2.24) is 9.99 Å². The molecule has 0 bridgehead atoms. The first-order valence-electron chi connectivity index (χ1n) is 8.39. The molecule has 0 aliphatic rings. The maximum atomic E-state index is 13.2. The van der Waals surface area contributed by atoms with Crippen LogP contribution in [0.25, 0.3) is 5.69 Å². The Labute approximate surface area is 160 Å². The van der Waals surface area contributed by atoms with E-state index in [0.717, 1.165) is 11.4 Å². The molecule has 8 heteroatoms. The predicted molar refractivity (Wildman–Crippen MR) is 103 cm³/mol. The topological polar surface area (TPSA) is 89.5 Å². The average molecular weight is 380 g/mol. The van der Waals surface area contributed by atoms with Gasteiger partial charge in [-0.2, -0.15) is 5.10 Å². The van der Waals surface area contributed by atoms with E-state index in [0.29, 0.717) is 16.8 Å². The molecule has 1 N–H and O–H groups in total. The van der Waals surface area contributed by atoms with Gasteiger partial charge in [0.15, 0.2) is 0 Å². The standard InChI is InChI=1S/C20H17FN4O3/c1-13-11-19(14(2)24(13)17-9-5-16(21)6-10-17)20(26)23-22-12-15-3-7-18(8-4-15)25(27)28/h3-12H,1-2H3,(H,23,26). The van der Waals surface area contributed by atoms with Gasteiger partial charge in [-0.1, -0.05) is 0 Å². The number of rotatable bonds is 5. The van der Waals surface area contributed by atoms with Crippen molar-refractivity contribution in [3.63, 3.8) is 0 Å². The van der Waals surface area contributed by atoms with E-state index in [1.54, 1.807) is 25.1 Å². The fourth-order valence-electron chi connectivity index (χ4n) is 2.89. The van der Waals surface area contributed by atoms with E-state index < -0.39 is 4.92 Å². The van der Waals surface area contributed by atoms with Crippen molar-refractivity contribution in [2.75, 3.05) is 0 Å². The Hall–Kier alpha value is -3.81. The van der Waals surface area contributed by atoms with Crippen molar-refractivity contribution in [2.45, 2.75) is 13.8 Å². The van der Waals surface area contributed by atoms with Gasteiger partial charge in [0.1, 0.15) is 5.82 Å². The highest BCUT2D eigenvalue weighted by Gasteiger charge is 2.16. The summed E-state index contributed by atoms with van der Waals surface area (Å²) < 4.78 is 15.0. The number of hydrazone groups is 1. The lowest BCUT2D eigenvalue weighted by atomic mass is 10.2. The van der Waals surface area contributed by atoms with Gasteiger partial charge in [-0.15, -0.1) is 0 Å². The maximum Gasteiger partial charge on any atom is 0.273 e. The van der Waals surface area contributed by atoms with Crippen LogP contribution in [-0.4, -0.2) is 21.6 Å². The first kappa shape index (κ1) is 19.0. The van der Waals surface area contributed by atoms with Crippen LogP contribution in [0.3, 0.4) is 0 Å². The second kappa shape index (κ2) is 7.83. The first-order valence-corrected chi connectivity index (χ1v) is 8.39. The van der Waals surface area contributed by atoms with Crippen molar-refractivity contribution in [3.05, 3.63) is 93.0 Å². The van der Waals surface area contributed by atoms with Crippen LogP contribution in [0.15, 0.2) is 59.7 Å². The molecule has 142 valence electrons. The van der Waals surface area contributed by atoms with Crippen LogP contribution >= 0.6 is 0 Å². The monoisotopic (exact) mass is 380 g/mol. The highest BCUT2D eigenvalue weighted by atomic mass is 19.1. The Morgan fingerprint density at radius 1 is 1.14 bits per heavy atom. The van der Waals surface area contributed by atoms with Crippen LogP contribution in [0.4, 0.5) is 10.1 Å². The zero-order valence-electron chi connectivity index (χ0n) is 15.2. The van der Waals surface area contributed by atoms with Crippen molar-refractivity contribution in [3.8, 4) is 5.69 Å². The third kappa shape index (κ3) is 3.96. The molecule has 3 rings (SSSR count). The van der Waals surface area contributed by atoms with E-state index in [4.69, 9.17) is 0 Å². The van der Waals surface area contributed by atoms with Crippen LogP contribution in [0.2, 0.25) is 0 Å². The predicted octanol–water partition coefficient (Wildman–Crippen LogP) is 3.91. The summed E-state index contributed by atoms with van der Waals surface area (Å²) in [5.41, 5.74) is 5.77. The molecule has 0 aliphatic heterocycles. The Morgan fingerprint density at radius 2 is 1.79 bits per heavy atom. The molecular weight excluding hydrogens is 363 g/mol. The van der Waals surface area contributed by atoms with E-state index in [1.165, 1.54) is 42.6 Å². The molecule has 1 heterocycles. The van der Waals surface area contributed by atoms with Crippen LogP contribution in [0, 0.1) is 29.8 Å². The molecule has 0 atom stereocenters. The molecule has 2 aromatic carbocycles. The molecule has 1 aromatic heterocycles. The molecule has 1 amide bonds. The number of nitro benzene ring substituents is 1. The lowest BCUT2D eigenvalue weighted by Gasteiger charge is -2.09. The smallest absolute Gasteiger partial charge is 0.273 e. The van der Waals surface area contributed by atoms with Gasteiger partial charge in [0.05, 0.1) is 16.7 Å². The minimum absolute atomic E-state index is 0.0191. The van der Waals surface area contributed by atoms with E-state index in [-0.39, 0.29) is 17.4 Å². The third-order valence-corrected chi connectivity index (χ3v) is 4.24. The first-order chi connectivity index (χ1) is 13.4. The van der Waals surface area contributed by atoms with Gasteiger partial charge in [-0.05, 0) is 61.9 Å². The van der Waals surface area contributed by atoms with E-state index >= 15 is 0 Å². The van der Waals surface area contributed by atoms with Crippen LogP contribution < -0.4 is 5.43 Å². The molecule has 0 saturated heterocycles. The summed E-state index contributed by atoms with van der Waals surface area (Å²) in [6.45, 7) is 3.65. The largest absolute Gasteiger partial charge is 0.318 e. The number of aromatic nitrogens is 1. The molecule has 7 nitrogen and oxygen atoms in total. The summed E-state index contributed by atoms with van der Waals surface area (Å²) in [4.78, 5) is 22.6. The third-order valence-electron chi connectivity index (χ3n) is 4.24. The number of nitrogens with zero attached hydrogens (tertiary/aromatic N) is 3. The van der Waals surface area contributed by atoms with Crippen molar-refractivity contribution >= 4 is 17.8 Å². The van der Waals surface area contributed by atoms with Gasteiger partial charge >= 0.3 is 0 Å². The number of hydrogen-bond donors (Lipinski definition) is 1. The average Bonchev–Trinajstić information content (AvgIpc) is 2.97. The number of carbonyl (C=O) groups is 1. The van der Waals surface area contributed by atoms with E-state index in [1.807, 2.05) is 11.5 Å². The Morgan fingerprint density at radius 3 is 2.39 bits per heavy atom. The van der Waals surface area contributed by atoms with Gasteiger partial charge in [-0.25, -0.2) is 9.82 Å². The lowest BCUT2D eigenvalue weighted by Crippen LogP contribution is -2.18. The Balaban J connectivity index is 1.75. The second-order valence-corrected chi connectivity index (χ2v) is 6.14. The quantitative estimate of drug-likeness (QED) is 0.413. The lowest BCUT2D eigenvalue weighted by molar-refractivity contribution is -0.384. The molecule has 0 aliphatic carbocycles. The fraction of sp³-hybridized carbons (Fsp3) is 0.100. The fourth-order valence-corrected chi connectivity index (χ4v) is 2.89. The summed E-state index contributed by atoms with van der Waals surface area (Å²) in [6.07, 6.45) is 1.40. The van der Waals surface area contributed by atoms with Crippen molar-refractivity contribution in [2.24, 2.45) is 5.10 Å². The molecule has 3 aromatic rings. The minimum atomic E-state index is -0.487. The number of hydrogen-bond acceptors (Lipinski definition) is 4. The minimum Gasteiger partial charge on any atom is -0.318 e. The Kier molecular flexibility index (Phi) is 5.30. The van der Waals surface area contributed by atoms with Crippen molar-refractivity contribution in [1.29, 1.82) is 0 Å². The molecule has 0 fully saturated rings. The number of halogens is 1. The number of non-ortho nitro benzene ring substituents is 1. The summed E-state index contributed by atoms with van der Waals surface area (Å²) in [7, 11) is 0. The number of benzene rings is 2. The number of nitrogens with one attached hydrogen (secondary N) is 1. The zero-order valence-corrected chi connectivity index (χ0v) is 15.2. The van der Waals surface area contributed by atoms with Crippen LogP contribution in [-0.2, 0) is 0 Å². The molecule has 0 saturated carbocycles. The molecule has 0 unspecified atom stereocenters. The SMILES string of the molecule is Cc1cc(C(=O)NN=Cc2ccc([N+](=O)[O-])cc2)c(C)n1-c1ccc(F)cc1. The van der Waals surface area contributed by atoms with Gasteiger partial charge in [-0.3, -0.25) is 14.9 Å². The van der Waals surface area contributed by atoms with Gasteiger partial charge in [0.25, 0.3) is 11.6 Å². The van der Waals surface area contributed by atoms with Crippen molar-refractivity contribution < 1.29 is 14.1 Å². The summed E-state index contributed by atoms with van der Waals surface area (Å²) >= 11 is 0. The number of nitro groups is 1. The number of amides is 1.